The molecule has 1 aromatic carbocycles. The molecule has 0 saturated heterocycles. The highest BCUT2D eigenvalue weighted by Crippen LogP contribution is 2.42. The standard InChI is InChI=1S/C9H11O4/c1-11-7-5-4-6(10)8(12-2)9(7)13-3/h5,10H,1-3H3. The summed E-state index contributed by atoms with van der Waals surface area (Å²) in [5.74, 6) is 0.959. The van der Waals surface area contributed by atoms with Crippen molar-refractivity contribution in [2.75, 3.05) is 21.3 Å². The van der Waals surface area contributed by atoms with Gasteiger partial charge in [0, 0.05) is 6.07 Å². The largest absolute Gasteiger partial charge is 0.504 e. The molecule has 1 rings (SSSR count). The van der Waals surface area contributed by atoms with Gasteiger partial charge in [-0.15, -0.1) is 0 Å². The van der Waals surface area contributed by atoms with Gasteiger partial charge in [-0.2, -0.15) is 0 Å². The lowest BCUT2D eigenvalue weighted by atomic mass is 10.2. The second-order valence-corrected chi connectivity index (χ2v) is 2.27. The third-order valence-corrected chi connectivity index (χ3v) is 1.61. The third kappa shape index (κ3) is 1.61. The fourth-order valence-electron chi connectivity index (χ4n) is 1.02. The van der Waals surface area contributed by atoms with Crippen molar-refractivity contribution in [1.82, 2.24) is 0 Å². The van der Waals surface area contributed by atoms with Crippen LogP contribution in [0.25, 0.3) is 0 Å². The summed E-state index contributed by atoms with van der Waals surface area (Å²) in [6, 6.07) is 4.05. The summed E-state index contributed by atoms with van der Waals surface area (Å²) in [4.78, 5) is 0. The van der Waals surface area contributed by atoms with Crippen molar-refractivity contribution in [3.8, 4) is 23.0 Å². The molecule has 4 nitrogen and oxygen atoms in total. The predicted molar refractivity (Wildman–Crippen MR) is 46.6 cm³/mol. The number of hydrogen-bond donors (Lipinski definition) is 1. The molecule has 0 saturated carbocycles. The maximum Gasteiger partial charge on any atom is 0.207 e. The van der Waals surface area contributed by atoms with Crippen molar-refractivity contribution in [2.45, 2.75) is 0 Å². The van der Waals surface area contributed by atoms with Gasteiger partial charge >= 0.3 is 0 Å². The van der Waals surface area contributed by atoms with Gasteiger partial charge in [0.1, 0.15) is 0 Å². The van der Waals surface area contributed by atoms with Crippen molar-refractivity contribution in [1.29, 1.82) is 0 Å². The Hall–Kier alpha value is -1.58. The zero-order chi connectivity index (χ0) is 9.84. The van der Waals surface area contributed by atoms with E-state index >= 15 is 0 Å². The van der Waals surface area contributed by atoms with E-state index in [1.807, 2.05) is 0 Å². The van der Waals surface area contributed by atoms with E-state index in [4.69, 9.17) is 14.2 Å². The molecule has 1 radical (unpaired) electrons. The minimum absolute atomic E-state index is 0.0971. The SMILES string of the molecule is COc1c[c]c(O)c(OC)c1OC. The number of benzene rings is 1. The molecule has 13 heavy (non-hydrogen) atoms. The van der Waals surface area contributed by atoms with Gasteiger partial charge < -0.3 is 19.3 Å². The summed E-state index contributed by atoms with van der Waals surface area (Å²) in [5, 5.41) is 9.33. The normalized spacial score (nSPS) is 9.46. The van der Waals surface area contributed by atoms with Crippen LogP contribution in [0.5, 0.6) is 23.0 Å². The van der Waals surface area contributed by atoms with Gasteiger partial charge in [-0.25, -0.2) is 0 Å². The molecule has 0 aliphatic carbocycles. The first-order valence-corrected chi connectivity index (χ1v) is 3.64. The van der Waals surface area contributed by atoms with Crippen LogP contribution >= 0.6 is 0 Å². The maximum atomic E-state index is 9.33. The number of phenols is 1. The van der Waals surface area contributed by atoms with Gasteiger partial charge in [-0.05, 0) is 6.07 Å². The van der Waals surface area contributed by atoms with Crippen molar-refractivity contribution < 1.29 is 19.3 Å². The zero-order valence-corrected chi connectivity index (χ0v) is 7.75. The molecule has 1 N–H and O–H groups in total. The Morgan fingerprint density at radius 1 is 1.08 bits per heavy atom. The van der Waals surface area contributed by atoms with Crippen LogP contribution in [0.2, 0.25) is 0 Å². The molecule has 71 valence electrons. The molecule has 0 aromatic heterocycles. The number of ether oxygens (including phenoxy) is 3. The summed E-state index contributed by atoms with van der Waals surface area (Å²) in [6.45, 7) is 0. The second kappa shape index (κ2) is 3.89. The molecule has 0 unspecified atom stereocenters. The van der Waals surface area contributed by atoms with E-state index in [1.54, 1.807) is 0 Å². The van der Waals surface area contributed by atoms with Crippen LogP contribution in [-0.4, -0.2) is 26.4 Å². The number of phenolic OH excluding ortho intramolecular Hbond substituents is 1. The molecule has 0 spiro atoms. The molecule has 0 aliphatic heterocycles. The van der Waals surface area contributed by atoms with E-state index in [0.29, 0.717) is 11.5 Å². The fourth-order valence-corrected chi connectivity index (χ4v) is 1.02. The molecule has 0 atom stereocenters. The average Bonchev–Trinajstić information content (AvgIpc) is 2.17. The molecule has 1 aromatic rings. The Morgan fingerprint density at radius 2 is 1.69 bits per heavy atom. The van der Waals surface area contributed by atoms with Crippen LogP contribution in [0, 0.1) is 6.07 Å². The van der Waals surface area contributed by atoms with Crippen LogP contribution in [0.4, 0.5) is 0 Å². The average molecular weight is 183 g/mol. The van der Waals surface area contributed by atoms with Gasteiger partial charge in [0.25, 0.3) is 0 Å². The van der Waals surface area contributed by atoms with Crippen molar-refractivity contribution in [2.24, 2.45) is 0 Å². The quantitative estimate of drug-likeness (QED) is 0.765. The molecule has 0 fully saturated rings. The molecule has 0 amide bonds. The van der Waals surface area contributed by atoms with E-state index in [2.05, 4.69) is 6.07 Å². The smallest absolute Gasteiger partial charge is 0.207 e. The van der Waals surface area contributed by atoms with Crippen molar-refractivity contribution >= 4 is 0 Å². The number of hydrogen-bond acceptors (Lipinski definition) is 4. The lowest BCUT2D eigenvalue weighted by molar-refractivity contribution is 0.310. The van der Waals surface area contributed by atoms with E-state index in [0.717, 1.165) is 0 Å². The zero-order valence-electron chi connectivity index (χ0n) is 7.75. The van der Waals surface area contributed by atoms with E-state index in [9.17, 15) is 5.11 Å². The lowest BCUT2D eigenvalue weighted by Gasteiger charge is -2.11. The van der Waals surface area contributed by atoms with Gasteiger partial charge in [0.05, 0.1) is 21.3 Å². The van der Waals surface area contributed by atoms with Crippen LogP contribution in [-0.2, 0) is 0 Å². The first kappa shape index (κ1) is 9.51. The highest BCUT2D eigenvalue weighted by atomic mass is 16.5. The number of rotatable bonds is 3. The topological polar surface area (TPSA) is 47.9 Å². The first-order chi connectivity index (χ1) is 6.24. The summed E-state index contributed by atoms with van der Waals surface area (Å²) in [7, 11) is 4.41. The van der Waals surface area contributed by atoms with Crippen LogP contribution < -0.4 is 14.2 Å². The van der Waals surface area contributed by atoms with Gasteiger partial charge in [-0.3, -0.25) is 0 Å². The van der Waals surface area contributed by atoms with Gasteiger partial charge in [0.2, 0.25) is 11.5 Å². The maximum absolute atomic E-state index is 9.33. The molecule has 4 heteroatoms. The van der Waals surface area contributed by atoms with Crippen LogP contribution in [0.3, 0.4) is 0 Å². The summed E-state index contributed by atoms with van der Waals surface area (Å²) in [6.07, 6.45) is 0. The second-order valence-electron chi connectivity index (χ2n) is 2.27. The number of aromatic hydroxyl groups is 1. The minimum atomic E-state index is -0.0971. The first-order valence-electron chi connectivity index (χ1n) is 3.64. The number of methoxy groups -OCH3 is 3. The molecular weight excluding hydrogens is 172 g/mol. The van der Waals surface area contributed by atoms with E-state index in [1.165, 1.54) is 27.4 Å². The van der Waals surface area contributed by atoms with Crippen LogP contribution in [0.1, 0.15) is 0 Å². The summed E-state index contributed by atoms with van der Waals surface area (Å²) < 4.78 is 14.9. The van der Waals surface area contributed by atoms with E-state index < -0.39 is 0 Å². The Labute approximate surface area is 76.7 Å². The monoisotopic (exact) mass is 183 g/mol. The van der Waals surface area contributed by atoms with Gasteiger partial charge in [-0.1, -0.05) is 0 Å². The van der Waals surface area contributed by atoms with Crippen molar-refractivity contribution in [3.63, 3.8) is 0 Å². The fraction of sp³-hybridized carbons (Fsp3) is 0.333. The van der Waals surface area contributed by atoms with Crippen LogP contribution in [0.15, 0.2) is 6.07 Å². The summed E-state index contributed by atoms with van der Waals surface area (Å²) >= 11 is 0. The highest BCUT2D eigenvalue weighted by molar-refractivity contribution is 5.57. The molecule has 0 aliphatic rings. The Morgan fingerprint density at radius 3 is 2.15 bits per heavy atom. The molecular formula is C9H11O4. The van der Waals surface area contributed by atoms with Gasteiger partial charge in [0.15, 0.2) is 11.5 Å². The molecule has 0 heterocycles. The lowest BCUT2D eigenvalue weighted by Crippen LogP contribution is -1.94. The summed E-state index contributed by atoms with van der Waals surface area (Å²) in [5.41, 5.74) is 0. The Bertz CT molecular complexity index is 296. The molecule has 0 bridgehead atoms. The Balaban J connectivity index is 3.27. The third-order valence-electron chi connectivity index (χ3n) is 1.61. The minimum Gasteiger partial charge on any atom is -0.504 e. The predicted octanol–water partition coefficient (Wildman–Crippen LogP) is 1.22. The van der Waals surface area contributed by atoms with E-state index in [-0.39, 0.29) is 11.5 Å². The van der Waals surface area contributed by atoms with Crippen molar-refractivity contribution in [3.05, 3.63) is 12.1 Å². The highest BCUT2D eigenvalue weighted by Gasteiger charge is 2.14. The Kier molecular flexibility index (Phi) is 2.84.